The van der Waals surface area contributed by atoms with Crippen molar-refractivity contribution < 1.29 is 9.18 Å². The van der Waals surface area contributed by atoms with Crippen LogP contribution in [0.25, 0.3) is 0 Å². The van der Waals surface area contributed by atoms with E-state index >= 15 is 0 Å². The fourth-order valence-corrected chi connectivity index (χ4v) is 4.97. The lowest BCUT2D eigenvalue weighted by molar-refractivity contribution is 0.0944. The van der Waals surface area contributed by atoms with Crippen LogP contribution in [-0.4, -0.2) is 54.6 Å². The van der Waals surface area contributed by atoms with Crippen molar-refractivity contribution in [1.29, 1.82) is 0 Å². The molecule has 0 spiro atoms. The number of carbonyl (C=O) groups is 1. The van der Waals surface area contributed by atoms with Gasteiger partial charge in [-0.15, -0.1) is 0 Å². The summed E-state index contributed by atoms with van der Waals surface area (Å²) < 4.78 is 16.5. The van der Waals surface area contributed by atoms with Crippen molar-refractivity contribution in [2.45, 2.75) is 33.7 Å². The normalized spacial score (nSPS) is 14.4. The summed E-state index contributed by atoms with van der Waals surface area (Å²) in [6, 6.07) is 17.0. The van der Waals surface area contributed by atoms with Crippen molar-refractivity contribution in [3.8, 4) is 0 Å². The van der Waals surface area contributed by atoms with Crippen LogP contribution in [0.3, 0.4) is 0 Å². The van der Waals surface area contributed by atoms with Gasteiger partial charge in [0.1, 0.15) is 11.5 Å². The number of amides is 1. The van der Waals surface area contributed by atoms with Gasteiger partial charge in [-0.1, -0.05) is 55.5 Å². The molecule has 1 aliphatic rings. The lowest BCUT2D eigenvalue weighted by atomic mass is 10.1. The molecular formula is C28H35FN4O. The van der Waals surface area contributed by atoms with Crippen LogP contribution in [0.1, 0.15) is 39.8 Å². The monoisotopic (exact) mass is 462 g/mol. The van der Waals surface area contributed by atoms with Gasteiger partial charge in [-0.25, -0.2) is 4.39 Å². The van der Waals surface area contributed by atoms with Gasteiger partial charge in [-0.3, -0.25) is 4.79 Å². The molecule has 0 saturated carbocycles. The molecule has 0 unspecified atom stereocenters. The molecule has 180 valence electrons. The second-order valence-electron chi connectivity index (χ2n) is 9.00. The fourth-order valence-electron chi connectivity index (χ4n) is 4.97. The van der Waals surface area contributed by atoms with Crippen LogP contribution in [0.15, 0.2) is 54.6 Å². The first-order chi connectivity index (χ1) is 16.5. The topological polar surface area (TPSA) is 40.5 Å². The summed E-state index contributed by atoms with van der Waals surface area (Å²) in [5.41, 5.74) is 5.49. The van der Waals surface area contributed by atoms with Gasteiger partial charge < -0.3 is 19.7 Å². The number of rotatable bonds is 8. The molecule has 1 aliphatic heterocycles. The van der Waals surface area contributed by atoms with E-state index in [0.29, 0.717) is 24.3 Å². The first kappa shape index (κ1) is 24.0. The Morgan fingerprint density at radius 1 is 0.971 bits per heavy atom. The van der Waals surface area contributed by atoms with E-state index in [9.17, 15) is 9.18 Å². The first-order valence-corrected chi connectivity index (χ1v) is 12.2. The minimum absolute atomic E-state index is 0.105. The third-order valence-electron chi connectivity index (χ3n) is 6.91. The highest BCUT2D eigenvalue weighted by Crippen LogP contribution is 2.32. The van der Waals surface area contributed by atoms with E-state index in [1.54, 1.807) is 12.1 Å². The SMILES string of the molecule is CCN1CCN(c2c(C)c(C(=O)NCCc3ccccc3)n(Cc3ccccc3F)c2C)CC1. The summed E-state index contributed by atoms with van der Waals surface area (Å²) >= 11 is 0. The molecule has 34 heavy (non-hydrogen) atoms. The van der Waals surface area contributed by atoms with Crippen LogP contribution in [0, 0.1) is 19.7 Å². The molecule has 1 fully saturated rings. The number of piperazine rings is 1. The summed E-state index contributed by atoms with van der Waals surface area (Å²) in [6.45, 7) is 12.1. The zero-order valence-electron chi connectivity index (χ0n) is 20.5. The largest absolute Gasteiger partial charge is 0.367 e. The van der Waals surface area contributed by atoms with Crippen molar-refractivity contribution in [1.82, 2.24) is 14.8 Å². The molecule has 0 atom stereocenters. The van der Waals surface area contributed by atoms with Gasteiger partial charge >= 0.3 is 0 Å². The standard InChI is InChI=1S/C28H35FN4O/c1-4-31-16-18-32(19-17-31)26-21(2)27(28(34)30-15-14-23-10-6-5-7-11-23)33(22(26)3)20-24-12-8-9-13-25(24)29/h5-13H,4,14-20H2,1-3H3,(H,30,34). The molecule has 0 bridgehead atoms. The zero-order valence-corrected chi connectivity index (χ0v) is 20.5. The Balaban J connectivity index is 1.62. The Kier molecular flexibility index (Phi) is 7.68. The summed E-state index contributed by atoms with van der Waals surface area (Å²) in [5.74, 6) is -0.354. The van der Waals surface area contributed by atoms with E-state index in [0.717, 1.165) is 56.1 Å². The second-order valence-corrected chi connectivity index (χ2v) is 9.00. The quantitative estimate of drug-likeness (QED) is 0.539. The molecule has 0 aliphatic carbocycles. The van der Waals surface area contributed by atoms with Crippen LogP contribution in [0.2, 0.25) is 0 Å². The summed E-state index contributed by atoms with van der Waals surface area (Å²) in [5, 5.41) is 3.11. The molecule has 1 N–H and O–H groups in total. The van der Waals surface area contributed by atoms with Gasteiger partial charge in [0, 0.05) is 49.5 Å². The van der Waals surface area contributed by atoms with E-state index in [2.05, 4.69) is 41.1 Å². The second kappa shape index (κ2) is 10.9. The van der Waals surface area contributed by atoms with Crippen LogP contribution < -0.4 is 10.2 Å². The molecule has 1 aromatic heterocycles. The van der Waals surface area contributed by atoms with Gasteiger partial charge in [0.2, 0.25) is 0 Å². The molecule has 2 heterocycles. The van der Waals surface area contributed by atoms with E-state index < -0.39 is 0 Å². The molecular weight excluding hydrogens is 427 g/mol. The summed E-state index contributed by atoms with van der Waals surface area (Å²) in [6.07, 6.45) is 0.768. The molecule has 3 aromatic rings. The Bertz CT molecular complexity index is 1120. The van der Waals surface area contributed by atoms with Gasteiger partial charge in [-0.2, -0.15) is 0 Å². The van der Waals surface area contributed by atoms with Crippen LogP contribution in [0.4, 0.5) is 10.1 Å². The predicted octanol–water partition coefficient (Wildman–Crippen LogP) is 4.41. The van der Waals surface area contributed by atoms with Crippen molar-refractivity contribution in [3.05, 3.63) is 88.5 Å². The number of aromatic nitrogens is 1. The Labute approximate surface area is 202 Å². The number of carbonyl (C=O) groups excluding carboxylic acids is 1. The average molecular weight is 463 g/mol. The van der Waals surface area contributed by atoms with Crippen molar-refractivity contribution in [3.63, 3.8) is 0 Å². The fraction of sp³-hybridized carbons (Fsp3) is 0.393. The highest BCUT2D eigenvalue weighted by atomic mass is 19.1. The lowest BCUT2D eigenvalue weighted by Gasteiger charge is -2.36. The van der Waals surface area contributed by atoms with Gasteiger partial charge in [0.25, 0.3) is 5.91 Å². The number of likely N-dealkylation sites (N-methyl/N-ethyl adjacent to an activating group) is 1. The molecule has 1 saturated heterocycles. The Hall–Kier alpha value is -3.12. The third kappa shape index (κ3) is 5.17. The maximum Gasteiger partial charge on any atom is 0.268 e. The van der Waals surface area contributed by atoms with E-state index in [1.165, 1.54) is 11.6 Å². The number of halogens is 1. The van der Waals surface area contributed by atoms with Crippen LogP contribution in [0.5, 0.6) is 0 Å². The molecule has 6 heteroatoms. The zero-order chi connectivity index (χ0) is 24.1. The minimum atomic E-state index is -0.248. The lowest BCUT2D eigenvalue weighted by Crippen LogP contribution is -2.46. The number of nitrogens with one attached hydrogen (secondary N) is 1. The highest BCUT2D eigenvalue weighted by molar-refractivity contribution is 5.96. The molecule has 5 nitrogen and oxygen atoms in total. The smallest absolute Gasteiger partial charge is 0.268 e. The molecule has 4 rings (SSSR count). The van der Waals surface area contributed by atoms with Crippen molar-refractivity contribution >= 4 is 11.6 Å². The van der Waals surface area contributed by atoms with E-state index in [-0.39, 0.29) is 11.7 Å². The van der Waals surface area contributed by atoms with Gasteiger partial charge in [-0.05, 0) is 38.4 Å². The summed E-state index contributed by atoms with van der Waals surface area (Å²) in [4.78, 5) is 18.3. The Morgan fingerprint density at radius 3 is 2.32 bits per heavy atom. The number of hydrogen-bond donors (Lipinski definition) is 1. The van der Waals surface area contributed by atoms with E-state index in [4.69, 9.17) is 0 Å². The number of anilines is 1. The summed E-state index contributed by atoms with van der Waals surface area (Å²) in [7, 11) is 0. The van der Waals surface area contributed by atoms with Crippen LogP contribution in [-0.2, 0) is 13.0 Å². The molecule has 1 amide bonds. The van der Waals surface area contributed by atoms with Gasteiger partial charge in [0.05, 0.1) is 12.2 Å². The molecule has 0 radical (unpaired) electrons. The Morgan fingerprint density at radius 2 is 1.65 bits per heavy atom. The first-order valence-electron chi connectivity index (χ1n) is 12.2. The maximum absolute atomic E-state index is 14.5. The average Bonchev–Trinajstić information content (AvgIpc) is 3.10. The van der Waals surface area contributed by atoms with Crippen molar-refractivity contribution in [2.24, 2.45) is 0 Å². The maximum atomic E-state index is 14.5. The minimum Gasteiger partial charge on any atom is -0.367 e. The van der Waals surface area contributed by atoms with E-state index in [1.807, 2.05) is 35.8 Å². The number of benzene rings is 2. The van der Waals surface area contributed by atoms with Gasteiger partial charge in [0.15, 0.2) is 0 Å². The highest BCUT2D eigenvalue weighted by Gasteiger charge is 2.28. The van der Waals surface area contributed by atoms with Crippen molar-refractivity contribution in [2.75, 3.05) is 44.2 Å². The number of hydrogen-bond acceptors (Lipinski definition) is 3. The molecule has 2 aromatic carbocycles. The van der Waals surface area contributed by atoms with Crippen LogP contribution >= 0.6 is 0 Å². The third-order valence-corrected chi connectivity index (χ3v) is 6.91. The predicted molar refractivity (Wildman–Crippen MR) is 136 cm³/mol. The number of nitrogens with zero attached hydrogens (tertiary/aromatic N) is 3.